The van der Waals surface area contributed by atoms with Crippen molar-refractivity contribution >= 4 is 11.6 Å². The molecule has 3 N–H and O–H groups in total. The molecule has 0 bridgehead atoms. The number of phenols is 1. The summed E-state index contributed by atoms with van der Waals surface area (Å²) in [4.78, 5) is 0. The number of aliphatic hydroxyl groups excluding tert-OH is 2. The normalized spacial score (nSPS) is 14.4. The van der Waals surface area contributed by atoms with Crippen LogP contribution in [0.3, 0.4) is 0 Å². The molecule has 0 aliphatic rings. The van der Waals surface area contributed by atoms with Crippen LogP contribution < -0.4 is 0 Å². The summed E-state index contributed by atoms with van der Waals surface area (Å²) in [5.41, 5.74) is 3.77. The highest BCUT2D eigenvalue weighted by atomic mass is 16.5. The van der Waals surface area contributed by atoms with Crippen LogP contribution in [0.4, 0.5) is 0 Å². The van der Waals surface area contributed by atoms with Crippen molar-refractivity contribution in [3.63, 3.8) is 0 Å². The van der Waals surface area contributed by atoms with Crippen molar-refractivity contribution in [1.82, 2.24) is 0 Å². The molecule has 0 saturated carbocycles. The Bertz CT molecular complexity index is 1010. The minimum atomic E-state index is -0.858. The van der Waals surface area contributed by atoms with Gasteiger partial charge in [0.05, 0.1) is 25.4 Å². The summed E-state index contributed by atoms with van der Waals surface area (Å²) in [6, 6.07) is 26.8. The Morgan fingerprint density at radius 1 is 0.848 bits per heavy atom. The average molecular weight is 445 g/mol. The lowest BCUT2D eigenvalue weighted by Crippen LogP contribution is -2.33. The molecule has 0 fully saturated rings. The zero-order chi connectivity index (χ0) is 23.5. The molecular weight excluding hydrogens is 412 g/mol. The lowest BCUT2D eigenvalue weighted by molar-refractivity contribution is -0.0270. The first-order valence-corrected chi connectivity index (χ1v) is 11.2. The quantitative estimate of drug-likeness (QED) is 0.256. The van der Waals surface area contributed by atoms with Crippen LogP contribution in [0.25, 0.3) is 11.6 Å². The first-order chi connectivity index (χ1) is 16.1. The number of rotatable bonds is 12. The molecule has 172 valence electrons. The van der Waals surface area contributed by atoms with Gasteiger partial charge in [-0.2, -0.15) is 0 Å². The summed E-state index contributed by atoms with van der Waals surface area (Å²) in [5.74, 6) is -0.302. The van der Waals surface area contributed by atoms with E-state index < -0.39 is 18.1 Å². The third kappa shape index (κ3) is 7.43. The molecule has 0 saturated heterocycles. The van der Waals surface area contributed by atoms with E-state index in [0.717, 1.165) is 22.3 Å². The molecule has 3 aromatic carbocycles. The standard InChI is InChI=1S/C29H32O4/c1-2-26(29(32)21-33-20-22-11-5-3-6-12-22)28(31)18-17-24(23-13-7-4-8-14-23)19-25-15-9-10-16-27(25)30/h2-16,19,26,28-32H,1,17-18,20-21H2/b24-19-/t26-,28-,29-/m1/s1. The highest BCUT2D eigenvalue weighted by Gasteiger charge is 2.24. The van der Waals surface area contributed by atoms with Crippen LogP contribution in [0.2, 0.25) is 0 Å². The summed E-state index contributed by atoms with van der Waals surface area (Å²) in [6.45, 7) is 4.33. The lowest BCUT2D eigenvalue weighted by Gasteiger charge is -2.25. The third-order valence-electron chi connectivity index (χ3n) is 5.68. The van der Waals surface area contributed by atoms with Gasteiger partial charge in [0, 0.05) is 11.5 Å². The number of benzene rings is 3. The third-order valence-corrected chi connectivity index (χ3v) is 5.68. The van der Waals surface area contributed by atoms with Gasteiger partial charge in [0.1, 0.15) is 5.75 Å². The number of hydrogen-bond donors (Lipinski definition) is 3. The number of phenolic OH excluding ortho intramolecular Hbond substituents is 1. The van der Waals surface area contributed by atoms with Crippen molar-refractivity contribution in [1.29, 1.82) is 0 Å². The Labute approximate surface area is 196 Å². The predicted octanol–water partition coefficient (Wildman–Crippen LogP) is 5.45. The molecule has 3 rings (SSSR count). The minimum Gasteiger partial charge on any atom is -0.507 e. The Morgan fingerprint density at radius 2 is 1.48 bits per heavy atom. The molecule has 0 aliphatic heterocycles. The van der Waals surface area contributed by atoms with Crippen LogP contribution in [0.5, 0.6) is 5.75 Å². The van der Waals surface area contributed by atoms with Crippen LogP contribution in [-0.2, 0) is 11.3 Å². The van der Waals surface area contributed by atoms with Crippen molar-refractivity contribution in [3.8, 4) is 5.75 Å². The molecular formula is C29H32O4. The second-order valence-corrected chi connectivity index (χ2v) is 8.08. The summed E-state index contributed by atoms with van der Waals surface area (Å²) >= 11 is 0. The lowest BCUT2D eigenvalue weighted by atomic mass is 9.90. The second-order valence-electron chi connectivity index (χ2n) is 8.08. The molecule has 3 aromatic rings. The SMILES string of the molecule is C=C[C@H]([C@H](O)CC/C(=C/c1ccccc1O)c1ccccc1)[C@H](O)COCc1ccccc1. The molecule has 0 unspecified atom stereocenters. The van der Waals surface area contributed by atoms with E-state index >= 15 is 0 Å². The van der Waals surface area contributed by atoms with Crippen LogP contribution in [0, 0.1) is 5.92 Å². The zero-order valence-corrected chi connectivity index (χ0v) is 18.8. The van der Waals surface area contributed by atoms with E-state index in [9.17, 15) is 15.3 Å². The van der Waals surface area contributed by atoms with E-state index in [1.807, 2.05) is 78.9 Å². The first-order valence-electron chi connectivity index (χ1n) is 11.2. The van der Waals surface area contributed by atoms with Crippen LogP contribution in [0.1, 0.15) is 29.5 Å². The molecule has 0 spiro atoms. The van der Waals surface area contributed by atoms with Crippen LogP contribution in [-0.4, -0.2) is 34.1 Å². The number of aromatic hydroxyl groups is 1. The molecule has 4 nitrogen and oxygen atoms in total. The Balaban J connectivity index is 1.63. The topological polar surface area (TPSA) is 69.9 Å². The number of hydrogen-bond acceptors (Lipinski definition) is 4. The molecule has 0 aromatic heterocycles. The zero-order valence-electron chi connectivity index (χ0n) is 18.8. The molecule has 0 aliphatic carbocycles. The van der Waals surface area contributed by atoms with Crippen molar-refractivity contribution in [2.24, 2.45) is 5.92 Å². The van der Waals surface area contributed by atoms with Gasteiger partial charge in [0.25, 0.3) is 0 Å². The van der Waals surface area contributed by atoms with E-state index in [1.165, 1.54) is 0 Å². The predicted molar refractivity (Wildman–Crippen MR) is 133 cm³/mol. The summed E-state index contributed by atoms with van der Waals surface area (Å²) < 4.78 is 5.65. The van der Waals surface area contributed by atoms with Crippen molar-refractivity contribution in [3.05, 3.63) is 114 Å². The van der Waals surface area contributed by atoms with Gasteiger partial charge in [-0.25, -0.2) is 0 Å². The van der Waals surface area contributed by atoms with Gasteiger partial charge >= 0.3 is 0 Å². The molecule has 33 heavy (non-hydrogen) atoms. The van der Waals surface area contributed by atoms with Crippen molar-refractivity contribution < 1.29 is 20.1 Å². The maximum Gasteiger partial charge on any atom is 0.122 e. The van der Waals surface area contributed by atoms with Crippen molar-refractivity contribution in [2.45, 2.75) is 31.7 Å². The van der Waals surface area contributed by atoms with Crippen LogP contribution in [0.15, 0.2) is 97.6 Å². The number of ether oxygens (including phenoxy) is 1. The fourth-order valence-corrected chi connectivity index (χ4v) is 3.80. The number of para-hydroxylation sites is 1. The van der Waals surface area contributed by atoms with E-state index in [0.29, 0.717) is 19.4 Å². The highest BCUT2D eigenvalue weighted by Crippen LogP contribution is 2.29. The summed E-state index contributed by atoms with van der Waals surface area (Å²) in [7, 11) is 0. The smallest absolute Gasteiger partial charge is 0.122 e. The van der Waals surface area contributed by atoms with Gasteiger partial charge in [-0.15, -0.1) is 6.58 Å². The fraction of sp³-hybridized carbons (Fsp3) is 0.241. The van der Waals surface area contributed by atoms with Gasteiger partial charge < -0.3 is 20.1 Å². The van der Waals surface area contributed by atoms with E-state index in [4.69, 9.17) is 4.74 Å². The molecule has 0 radical (unpaired) electrons. The highest BCUT2D eigenvalue weighted by molar-refractivity contribution is 5.83. The van der Waals surface area contributed by atoms with Gasteiger partial charge in [-0.1, -0.05) is 84.9 Å². The number of aliphatic hydroxyl groups is 2. The minimum absolute atomic E-state index is 0.113. The second kappa shape index (κ2) is 12.8. The molecule has 4 heteroatoms. The summed E-state index contributed by atoms with van der Waals surface area (Å²) in [5, 5.41) is 31.6. The number of allylic oxidation sites excluding steroid dienone is 1. The van der Waals surface area contributed by atoms with Gasteiger partial charge in [0.15, 0.2) is 0 Å². The molecule has 3 atom stereocenters. The largest absolute Gasteiger partial charge is 0.507 e. The summed E-state index contributed by atoms with van der Waals surface area (Å²) in [6.07, 6.45) is 2.90. The maximum absolute atomic E-state index is 10.8. The molecule has 0 amide bonds. The average Bonchev–Trinajstić information content (AvgIpc) is 2.84. The fourth-order valence-electron chi connectivity index (χ4n) is 3.80. The van der Waals surface area contributed by atoms with Crippen LogP contribution >= 0.6 is 0 Å². The van der Waals surface area contributed by atoms with E-state index in [-0.39, 0.29) is 12.4 Å². The van der Waals surface area contributed by atoms with E-state index in [1.54, 1.807) is 18.2 Å². The Hall–Kier alpha value is -3.18. The van der Waals surface area contributed by atoms with Gasteiger partial charge in [0.2, 0.25) is 0 Å². The Morgan fingerprint density at radius 3 is 2.15 bits per heavy atom. The monoisotopic (exact) mass is 444 g/mol. The maximum atomic E-state index is 10.8. The van der Waals surface area contributed by atoms with Crippen molar-refractivity contribution in [2.75, 3.05) is 6.61 Å². The van der Waals surface area contributed by atoms with Gasteiger partial charge in [-0.05, 0) is 41.7 Å². The van der Waals surface area contributed by atoms with E-state index in [2.05, 4.69) is 6.58 Å². The van der Waals surface area contributed by atoms with Gasteiger partial charge in [-0.3, -0.25) is 0 Å². The Kier molecular flexibility index (Phi) is 9.45. The molecule has 0 heterocycles. The first kappa shape index (κ1) is 24.5.